The molecule has 1 N–H and O–H groups in total. The maximum absolute atomic E-state index is 13.1. The van der Waals surface area contributed by atoms with E-state index >= 15 is 0 Å². The number of benzene rings is 2. The van der Waals surface area contributed by atoms with Gasteiger partial charge in [0.15, 0.2) is 0 Å². The van der Waals surface area contributed by atoms with Crippen LogP contribution in [0.2, 0.25) is 0 Å². The molecule has 0 unspecified atom stereocenters. The maximum Gasteiger partial charge on any atom is 0.318 e. The zero-order chi connectivity index (χ0) is 19.3. The van der Waals surface area contributed by atoms with Gasteiger partial charge in [-0.1, -0.05) is 35.5 Å². The number of nitrogens with zero attached hydrogens (tertiary/aromatic N) is 3. The molecule has 7 heteroatoms. The Morgan fingerprint density at radius 1 is 1.14 bits per heavy atom. The van der Waals surface area contributed by atoms with Gasteiger partial charge in [-0.3, -0.25) is 0 Å². The third-order valence-electron chi connectivity index (χ3n) is 4.88. The molecule has 3 aromatic rings. The Bertz CT molecular complexity index is 927. The first-order valence-corrected chi connectivity index (χ1v) is 9.38. The first kappa shape index (κ1) is 18.2. The van der Waals surface area contributed by atoms with E-state index in [9.17, 15) is 9.18 Å². The quantitative estimate of drug-likeness (QED) is 0.732. The summed E-state index contributed by atoms with van der Waals surface area (Å²) in [5.74, 6) is 0.486. The summed E-state index contributed by atoms with van der Waals surface area (Å²) >= 11 is 0. The number of carbonyl (C=O) groups is 1. The Morgan fingerprint density at radius 2 is 1.93 bits per heavy atom. The average Bonchev–Trinajstić information content (AvgIpc) is 3.23. The van der Waals surface area contributed by atoms with Crippen molar-refractivity contribution < 1.29 is 13.7 Å². The van der Waals surface area contributed by atoms with Crippen LogP contribution in [0.15, 0.2) is 59.1 Å². The van der Waals surface area contributed by atoms with Crippen molar-refractivity contribution >= 4 is 6.03 Å². The van der Waals surface area contributed by atoms with E-state index in [4.69, 9.17) is 4.52 Å². The van der Waals surface area contributed by atoms with Crippen LogP contribution in [-0.2, 0) is 6.54 Å². The molecular formula is C21H21FN4O2. The molecule has 144 valence electrons. The van der Waals surface area contributed by atoms with Crippen LogP contribution in [0.3, 0.4) is 0 Å². The molecule has 0 bridgehead atoms. The van der Waals surface area contributed by atoms with E-state index in [1.54, 1.807) is 17.0 Å². The number of hydrogen-bond donors (Lipinski definition) is 1. The Kier molecular flexibility index (Phi) is 5.32. The lowest BCUT2D eigenvalue weighted by Crippen LogP contribution is -2.44. The molecule has 0 radical (unpaired) electrons. The van der Waals surface area contributed by atoms with Crippen LogP contribution >= 0.6 is 0 Å². The van der Waals surface area contributed by atoms with Crippen molar-refractivity contribution in [3.63, 3.8) is 0 Å². The van der Waals surface area contributed by atoms with Crippen molar-refractivity contribution in [2.24, 2.45) is 0 Å². The standard InChI is InChI=1S/C21H21FN4O2/c22-17-11-9-16(10-12-17)19-24-20(28-25-19)18-8-4-5-13-26(18)21(27)23-14-15-6-2-1-3-7-15/h1-3,6-7,9-12,18H,4-5,8,13-14H2,(H,23,27)/t18-/m1/s1. The van der Waals surface area contributed by atoms with E-state index in [1.807, 2.05) is 30.3 Å². The fourth-order valence-corrected chi connectivity index (χ4v) is 3.39. The monoisotopic (exact) mass is 380 g/mol. The predicted molar refractivity (Wildman–Crippen MR) is 102 cm³/mol. The van der Waals surface area contributed by atoms with E-state index in [2.05, 4.69) is 15.5 Å². The minimum atomic E-state index is -0.319. The van der Waals surface area contributed by atoms with Gasteiger partial charge in [-0.05, 0) is 49.1 Å². The highest BCUT2D eigenvalue weighted by molar-refractivity contribution is 5.74. The summed E-state index contributed by atoms with van der Waals surface area (Å²) in [5.41, 5.74) is 1.72. The van der Waals surface area contributed by atoms with Crippen molar-refractivity contribution in [1.29, 1.82) is 0 Å². The number of hydrogen-bond acceptors (Lipinski definition) is 4. The van der Waals surface area contributed by atoms with Gasteiger partial charge in [0.1, 0.15) is 11.9 Å². The number of nitrogens with one attached hydrogen (secondary N) is 1. The van der Waals surface area contributed by atoms with Crippen LogP contribution in [0.1, 0.15) is 36.8 Å². The summed E-state index contributed by atoms with van der Waals surface area (Å²) in [6.45, 7) is 1.10. The first-order valence-electron chi connectivity index (χ1n) is 9.38. The van der Waals surface area contributed by atoms with Gasteiger partial charge in [0.05, 0.1) is 0 Å². The number of amides is 2. The molecule has 1 saturated heterocycles. The summed E-state index contributed by atoms with van der Waals surface area (Å²) in [7, 11) is 0. The average molecular weight is 380 g/mol. The minimum Gasteiger partial charge on any atom is -0.337 e. The van der Waals surface area contributed by atoms with Crippen LogP contribution in [0, 0.1) is 5.82 Å². The molecule has 2 amide bonds. The highest BCUT2D eigenvalue weighted by Crippen LogP contribution is 2.31. The molecule has 0 aliphatic carbocycles. The van der Waals surface area contributed by atoms with Gasteiger partial charge in [0, 0.05) is 18.7 Å². The zero-order valence-electron chi connectivity index (χ0n) is 15.3. The van der Waals surface area contributed by atoms with Crippen molar-refractivity contribution in [2.45, 2.75) is 31.8 Å². The number of likely N-dealkylation sites (tertiary alicyclic amines) is 1. The summed E-state index contributed by atoms with van der Waals surface area (Å²) in [4.78, 5) is 19.0. The molecule has 1 atom stereocenters. The van der Waals surface area contributed by atoms with Gasteiger partial charge in [0.2, 0.25) is 11.7 Å². The topological polar surface area (TPSA) is 71.3 Å². The van der Waals surface area contributed by atoms with Gasteiger partial charge in [0.25, 0.3) is 0 Å². The zero-order valence-corrected chi connectivity index (χ0v) is 15.3. The summed E-state index contributed by atoms with van der Waals surface area (Å²) < 4.78 is 18.6. The molecular weight excluding hydrogens is 359 g/mol. The van der Waals surface area contributed by atoms with Crippen LogP contribution in [0.5, 0.6) is 0 Å². The number of aromatic nitrogens is 2. The molecule has 1 fully saturated rings. The van der Waals surface area contributed by atoms with Gasteiger partial charge >= 0.3 is 6.03 Å². The van der Waals surface area contributed by atoms with Gasteiger partial charge in [-0.25, -0.2) is 9.18 Å². The molecule has 1 aliphatic heterocycles. The second-order valence-electron chi connectivity index (χ2n) is 6.81. The van der Waals surface area contributed by atoms with Crippen molar-refractivity contribution in [1.82, 2.24) is 20.4 Å². The second kappa shape index (κ2) is 8.21. The second-order valence-corrected chi connectivity index (χ2v) is 6.81. The molecule has 0 spiro atoms. The number of urea groups is 1. The van der Waals surface area contributed by atoms with Crippen LogP contribution in [-0.4, -0.2) is 27.6 Å². The van der Waals surface area contributed by atoms with Crippen LogP contribution in [0.25, 0.3) is 11.4 Å². The predicted octanol–water partition coefficient (Wildman–Crippen LogP) is 4.31. The largest absolute Gasteiger partial charge is 0.337 e. The summed E-state index contributed by atoms with van der Waals surface area (Å²) in [6.07, 6.45) is 2.69. The molecule has 28 heavy (non-hydrogen) atoms. The first-order chi connectivity index (χ1) is 13.7. The molecule has 4 rings (SSSR count). The SMILES string of the molecule is O=C(NCc1ccccc1)N1CCCC[C@@H]1c1nc(-c2ccc(F)cc2)no1. The molecule has 1 aromatic heterocycles. The molecule has 1 aliphatic rings. The molecule has 0 saturated carbocycles. The van der Waals surface area contributed by atoms with E-state index < -0.39 is 0 Å². The highest BCUT2D eigenvalue weighted by Gasteiger charge is 2.32. The van der Waals surface area contributed by atoms with Gasteiger partial charge in [-0.2, -0.15) is 4.98 Å². The van der Waals surface area contributed by atoms with Crippen LogP contribution < -0.4 is 5.32 Å². The number of piperidine rings is 1. The highest BCUT2D eigenvalue weighted by atomic mass is 19.1. The third-order valence-corrected chi connectivity index (χ3v) is 4.88. The van der Waals surface area contributed by atoms with Crippen molar-refractivity contribution in [2.75, 3.05) is 6.54 Å². The Hall–Kier alpha value is -3.22. The van der Waals surface area contributed by atoms with Gasteiger partial charge in [-0.15, -0.1) is 0 Å². The lowest BCUT2D eigenvalue weighted by Gasteiger charge is -2.33. The smallest absolute Gasteiger partial charge is 0.318 e. The summed E-state index contributed by atoms with van der Waals surface area (Å²) in [5, 5.41) is 6.98. The number of carbonyl (C=O) groups excluding carboxylic acids is 1. The Balaban J connectivity index is 1.47. The van der Waals surface area contributed by atoms with E-state index in [1.165, 1.54) is 12.1 Å². The third kappa shape index (κ3) is 4.03. The Morgan fingerprint density at radius 3 is 2.71 bits per heavy atom. The van der Waals surface area contributed by atoms with Crippen LogP contribution in [0.4, 0.5) is 9.18 Å². The maximum atomic E-state index is 13.1. The molecule has 2 heterocycles. The van der Waals surface area contributed by atoms with Crippen molar-refractivity contribution in [3.8, 4) is 11.4 Å². The fourth-order valence-electron chi connectivity index (χ4n) is 3.39. The lowest BCUT2D eigenvalue weighted by molar-refractivity contribution is 0.131. The normalized spacial score (nSPS) is 16.8. The van der Waals surface area contributed by atoms with E-state index in [0.717, 1.165) is 24.8 Å². The summed E-state index contributed by atoms with van der Waals surface area (Å²) in [6, 6.07) is 15.3. The molecule has 2 aromatic carbocycles. The van der Waals surface area contributed by atoms with Crippen molar-refractivity contribution in [3.05, 3.63) is 71.9 Å². The van der Waals surface area contributed by atoms with E-state index in [-0.39, 0.29) is 17.9 Å². The number of rotatable bonds is 4. The lowest BCUT2D eigenvalue weighted by atomic mass is 10.0. The number of halogens is 1. The molecule has 6 nitrogen and oxygen atoms in total. The van der Waals surface area contributed by atoms with E-state index in [0.29, 0.717) is 30.4 Å². The fraction of sp³-hybridized carbons (Fsp3) is 0.286. The Labute approximate surface area is 162 Å². The van der Waals surface area contributed by atoms with Gasteiger partial charge < -0.3 is 14.7 Å². The minimum absolute atomic E-state index is 0.143.